The van der Waals surface area contributed by atoms with E-state index in [0.29, 0.717) is 0 Å². The summed E-state index contributed by atoms with van der Waals surface area (Å²) < 4.78 is 4.73. The third-order valence-corrected chi connectivity index (χ3v) is 9.78. The molecule has 0 amide bonds. The van der Waals surface area contributed by atoms with Crippen LogP contribution in [0.1, 0.15) is 0 Å². The standard InChI is InChI=1S/C46H31N5/c1-3-15-33(16-4-1)49(35-19-13-14-32(30-35)40-21-9-11-28-47-40)36-24-25-39-43(31-36)51(44-23-10-12-29-48-44)42-27-26-38-37-20-7-8-22-41(37)50(46(38)45(39)42)34-17-5-2-6-18-34/h1-31H. The lowest BCUT2D eigenvalue weighted by Gasteiger charge is -2.26. The summed E-state index contributed by atoms with van der Waals surface area (Å²) in [6.07, 6.45) is 3.71. The maximum atomic E-state index is 4.90. The van der Waals surface area contributed by atoms with Crippen molar-refractivity contribution in [1.82, 2.24) is 19.1 Å². The second-order valence-electron chi connectivity index (χ2n) is 12.7. The molecule has 4 heterocycles. The van der Waals surface area contributed by atoms with E-state index in [0.717, 1.165) is 50.9 Å². The van der Waals surface area contributed by atoms with Crippen molar-refractivity contribution in [3.8, 4) is 22.8 Å². The minimum absolute atomic E-state index is 0.875. The molecule has 0 N–H and O–H groups in total. The summed E-state index contributed by atoms with van der Waals surface area (Å²) in [5.41, 5.74) is 10.9. The van der Waals surface area contributed by atoms with Crippen molar-refractivity contribution in [2.75, 3.05) is 4.90 Å². The number of anilines is 3. The number of fused-ring (bicyclic) bond motifs is 7. The molecule has 0 fully saturated rings. The van der Waals surface area contributed by atoms with E-state index in [1.54, 1.807) is 0 Å². The smallest absolute Gasteiger partial charge is 0.137 e. The van der Waals surface area contributed by atoms with Gasteiger partial charge in [-0.1, -0.05) is 91.0 Å². The van der Waals surface area contributed by atoms with Crippen LogP contribution in [0.25, 0.3) is 66.4 Å². The Balaban J connectivity index is 1.29. The van der Waals surface area contributed by atoms with Gasteiger partial charge in [-0.25, -0.2) is 4.98 Å². The summed E-state index contributed by atoms with van der Waals surface area (Å²) in [5.74, 6) is 0.875. The van der Waals surface area contributed by atoms with Crippen LogP contribution in [0.4, 0.5) is 17.1 Å². The van der Waals surface area contributed by atoms with E-state index >= 15 is 0 Å². The highest BCUT2D eigenvalue weighted by molar-refractivity contribution is 6.26. The molecule has 51 heavy (non-hydrogen) atoms. The molecule has 240 valence electrons. The number of benzene rings is 6. The molecule has 0 spiro atoms. The third kappa shape index (κ3) is 4.71. The Morgan fingerprint density at radius 3 is 1.92 bits per heavy atom. The van der Waals surface area contributed by atoms with Gasteiger partial charge in [0.15, 0.2) is 0 Å². The minimum atomic E-state index is 0.875. The Kier molecular flexibility index (Phi) is 6.74. The van der Waals surface area contributed by atoms with Crippen molar-refractivity contribution in [2.45, 2.75) is 0 Å². The van der Waals surface area contributed by atoms with Gasteiger partial charge >= 0.3 is 0 Å². The Morgan fingerprint density at radius 2 is 1.12 bits per heavy atom. The van der Waals surface area contributed by atoms with Gasteiger partial charge in [0.1, 0.15) is 5.82 Å². The SMILES string of the molecule is c1ccc(N(c2cccc(-c3ccccn3)c2)c2ccc3c4c(ccc5c6ccccc6n(-c6ccccc6)c54)n(-c4ccccn4)c3c2)cc1. The first-order chi connectivity index (χ1) is 25.3. The van der Waals surface area contributed by atoms with Crippen LogP contribution in [-0.4, -0.2) is 19.1 Å². The van der Waals surface area contributed by atoms with Crippen LogP contribution >= 0.6 is 0 Å². The fraction of sp³-hybridized carbons (Fsp3) is 0. The highest BCUT2D eigenvalue weighted by Gasteiger charge is 2.23. The second kappa shape index (κ2) is 11.9. The first-order valence-corrected chi connectivity index (χ1v) is 17.2. The number of pyridine rings is 2. The monoisotopic (exact) mass is 653 g/mol. The number of aromatic nitrogens is 4. The summed E-state index contributed by atoms with van der Waals surface area (Å²) in [4.78, 5) is 11.9. The molecule has 0 unspecified atom stereocenters. The summed E-state index contributed by atoms with van der Waals surface area (Å²) in [6, 6.07) is 62.1. The van der Waals surface area contributed by atoms with Crippen molar-refractivity contribution in [3.05, 3.63) is 188 Å². The van der Waals surface area contributed by atoms with Crippen LogP contribution in [0.3, 0.4) is 0 Å². The maximum absolute atomic E-state index is 4.90. The van der Waals surface area contributed by atoms with Gasteiger partial charge in [0, 0.05) is 62.3 Å². The molecule has 0 aliphatic rings. The quantitative estimate of drug-likeness (QED) is 0.179. The fourth-order valence-electron chi connectivity index (χ4n) is 7.62. The highest BCUT2D eigenvalue weighted by atomic mass is 15.1. The summed E-state index contributed by atoms with van der Waals surface area (Å²) in [6.45, 7) is 0. The predicted molar refractivity (Wildman–Crippen MR) is 211 cm³/mol. The molecule has 0 aliphatic carbocycles. The predicted octanol–water partition coefficient (Wildman–Crippen LogP) is 11.8. The van der Waals surface area contributed by atoms with Gasteiger partial charge in [0.2, 0.25) is 0 Å². The normalized spacial score (nSPS) is 11.5. The molecule has 4 aromatic heterocycles. The fourth-order valence-corrected chi connectivity index (χ4v) is 7.62. The molecule has 0 saturated carbocycles. The number of hydrogen-bond donors (Lipinski definition) is 0. The van der Waals surface area contributed by atoms with E-state index in [-0.39, 0.29) is 0 Å². The van der Waals surface area contributed by atoms with Gasteiger partial charge in [0.05, 0.1) is 27.8 Å². The van der Waals surface area contributed by atoms with Gasteiger partial charge in [-0.05, 0) is 84.9 Å². The van der Waals surface area contributed by atoms with Gasteiger partial charge in [-0.3, -0.25) is 9.55 Å². The molecule has 10 rings (SSSR count). The van der Waals surface area contributed by atoms with Gasteiger partial charge in [-0.15, -0.1) is 0 Å². The van der Waals surface area contributed by atoms with Crippen molar-refractivity contribution < 1.29 is 0 Å². The Morgan fingerprint density at radius 1 is 0.412 bits per heavy atom. The molecular formula is C46H31N5. The first kappa shape index (κ1) is 29.0. The number of para-hydroxylation sites is 3. The van der Waals surface area contributed by atoms with Gasteiger partial charge in [0.25, 0.3) is 0 Å². The lowest BCUT2D eigenvalue weighted by Crippen LogP contribution is -2.10. The molecule has 0 saturated heterocycles. The Bertz CT molecular complexity index is 2840. The van der Waals surface area contributed by atoms with E-state index in [1.807, 2.05) is 30.6 Å². The molecule has 0 radical (unpaired) electrons. The van der Waals surface area contributed by atoms with E-state index in [4.69, 9.17) is 4.98 Å². The minimum Gasteiger partial charge on any atom is -0.310 e. The molecule has 6 aromatic carbocycles. The molecular weight excluding hydrogens is 623 g/mol. The lowest BCUT2D eigenvalue weighted by atomic mass is 10.1. The molecule has 0 atom stereocenters. The van der Waals surface area contributed by atoms with Crippen LogP contribution in [0.5, 0.6) is 0 Å². The second-order valence-corrected chi connectivity index (χ2v) is 12.7. The van der Waals surface area contributed by atoms with Crippen LogP contribution in [0.2, 0.25) is 0 Å². The number of hydrogen-bond acceptors (Lipinski definition) is 3. The number of rotatable bonds is 6. The van der Waals surface area contributed by atoms with Crippen LogP contribution < -0.4 is 4.90 Å². The van der Waals surface area contributed by atoms with E-state index in [1.165, 1.54) is 32.6 Å². The third-order valence-electron chi connectivity index (χ3n) is 9.78. The van der Waals surface area contributed by atoms with Crippen molar-refractivity contribution in [3.63, 3.8) is 0 Å². The van der Waals surface area contributed by atoms with E-state index in [9.17, 15) is 0 Å². The highest BCUT2D eigenvalue weighted by Crippen LogP contribution is 2.44. The Labute approximate surface area is 294 Å². The molecule has 10 aromatic rings. The molecule has 0 bridgehead atoms. The van der Waals surface area contributed by atoms with Gasteiger partial charge in [-0.2, -0.15) is 0 Å². The average molecular weight is 654 g/mol. The Hall–Kier alpha value is -6.98. The number of nitrogens with zero attached hydrogens (tertiary/aromatic N) is 5. The lowest BCUT2D eigenvalue weighted by molar-refractivity contribution is 1.08. The van der Waals surface area contributed by atoms with Crippen LogP contribution in [0.15, 0.2) is 188 Å². The van der Waals surface area contributed by atoms with Crippen molar-refractivity contribution in [2.24, 2.45) is 0 Å². The van der Waals surface area contributed by atoms with Crippen LogP contribution in [-0.2, 0) is 0 Å². The van der Waals surface area contributed by atoms with Gasteiger partial charge < -0.3 is 9.47 Å². The topological polar surface area (TPSA) is 38.9 Å². The first-order valence-electron chi connectivity index (χ1n) is 17.2. The van der Waals surface area contributed by atoms with E-state index < -0.39 is 0 Å². The van der Waals surface area contributed by atoms with Crippen molar-refractivity contribution >= 4 is 60.7 Å². The molecule has 5 nitrogen and oxygen atoms in total. The maximum Gasteiger partial charge on any atom is 0.137 e. The zero-order chi connectivity index (χ0) is 33.7. The summed E-state index contributed by atoms with van der Waals surface area (Å²) in [7, 11) is 0. The molecule has 5 heteroatoms. The average Bonchev–Trinajstić information content (AvgIpc) is 3.72. The van der Waals surface area contributed by atoms with Crippen LogP contribution in [0, 0.1) is 0 Å². The molecule has 0 aliphatic heterocycles. The summed E-state index contributed by atoms with van der Waals surface area (Å²) in [5, 5.41) is 4.82. The summed E-state index contributed by atoms with van der Waals surface area (Å²) >= 11 is 0. The zero-order valence-corrected chi connectivity index (χ0v) is 27.6. The largest absolute Gasteiger partial charge is 0.310 e. The zero-order valence-electron chi connectivity index (χ0n) is 27.6. The van der Waals surface area contributed by atoms with E-state index in [2.05, 4.69) is 177 Å². The van der Waals surface area contributed by atoms with Crippen molar-refractivity contribution in [1.29, 1.82) is 0 Å².